The summed E-state index contributed by atoms with van der Waals surface area (Å²) in [7, 11) is 0. The molecule has 0 saturated carbocycles. The highest BCUT2D eigenvalue weighted by molar-refractivity contribution is 6.14. The van der Waals surface area contributed by atoms with Crippen LogP contribution in [0.25, 0.3) is 88.5 Å². The van der Waals surface area contributed by atoms with Crippen LogP contribution in [0.3, 0.4) is 0 Å². The molecule has 0 saturated heterocycles. The second kappa shape index (κ2) is 9.75. The lowest BCUT2D eigenvalue weighted by atomic mass is 9.93. The van der Waals surface area contributed by atoms with Gasteiger partial charge in [0.25, 0.3) is 0 Å². The summed E-state index contributed by atoms with van der Waals surface area (Å²) in [6.45, 7) is 0. The zero-order valence-corrected chi connectivity index (χ0v) is 23.4. The van der Waals surface area contributed by atoms with Gasteiger partial charge in [-0.05, 0) is 76.9 Å². The highest BCUT2D eigenvalue weighted by Crippen LogP contribution is 2.42. The molecule has 206 valence electrons. The number of nitrogens with zero attached hydrogens (tertiary/aromatic N) is 3. The molecule has 0 spiro atoms. The highest BCUT2D eigenvalue weighted by Gasteiger charge is 2.18. The molecule has 0 radical (unpaired) electrons. The van der Waals surface area contributed by atoms with Gasteiger partial charge >= 0.3 is 0 Å². The Morgan fingerprint density at radius 1 is 0.409 bits per heavy atom. The summed E-state index contributed by atoms with van der Waals surface area (Å²) < 4.78 is 12.8. The van der Waals surface area contributed by atoms with Crippen LogP contribution in [0, 0.1) is 0 Å². The van der Waals surface area contributed by atoms with Crippen molar-refractivity contribution in [3.63, 3.8) is 0 Å². The van der Waals surface area contributed by atoms with Gasteiger partial charge in [0.15, 0.2) is 0 Å². The van der Waals surface area contributed by atoms with Crippen molar-refractivity contribution in [3.05, 3.63) is 140 Å². The van der Waals surface area contributed by atoms with E-state index in [2.05, 4.69) is 93.8 Å². The molecule has 0 aliphatic heterocycles. The Morgan fingerprint density at radius 3 is 1.68 bits per heavy atom. The highest BCUT2D eigenvalue weighted by atomic mass is 16.3. The third kappa shape index (κ3) is 3.91. The van der Waals surface area contributed by atoms with E-state index in [1.54, 1.807) is 18.6 Å². The molecular formula is C39H23N3O2. The predicted molar refractivity (Wildman–Crippen MR) is 176 cm³/mol. The van der Waals surface area contributed by atoms with Crippen LogP contribution in [-0.2, 0) is 0 Å². The van der Waals surface area contributed by atoms with Crippen molar-refractivity contribution in [1.82, 2.24) is 15.0 Å². The van der Waals surface area contributed by atoms with E-state index in [1.165, 1.54) is 0 Å². The van der Waals surface area contributed by atoms with Gasteiger partial charge < -0.3 is 8.83 Å². The molecule has 9 aromatic rings. The quantitative estimate of drug-likeness (QED) is 0.212. The number of aromatic nitrogens is 3. The molecule has 5 aromatic heterocycles. The van der Waals surface area contributed by atoms with Crippen molar-refractivity contribution < 1.29 is 8.83 Å². The van der Waals surface area contributed by atoms with Gasteiger partial charge in [0, 0.05) is 74.8 Å². The lowest BCUT2D eigenvalue weighted by Crippen LogP contribution is -1.87. The largest absolute Gasteiger partial charge is 0.455 e. The van der Waals surface area contributed by atoms with Crippen LogP contribution < -0.4 is 0 Å². The van der Waals surface area contributed by atoms with Crippen LogP contribution in [0.4, 0.5) is 0 Å². The number of pyridine rings is 3. The topological polar surface area (TPSA) is 65.0 Å². The lowest BCUT2D eigenvalue weighted by Gasteiger charge is -2.11. The standard InChI is InChI=1S/C39H23N3O2/c1-8-30(24-13-14-36-35(21-24)34-12-5-17-42-39(34)43-36)37-32(10-1)33-11-2-9-31(38(33)44-37)29-19-27(25-6-3-15-40-22-25)18-28(20-29)26-7-4-16-41-23-26/h1-23H. The van der Waals surface area contributed by atoms with E-state index in [-0.39, 0.29) is 0 Å². The molecule has 9 rings (SSSR count). The molecule has 5 nitrogen and oxygen atoms in total. The molecule has 0 amide bonds. The van der Waals surface area contributed by atoms with Gasteiger partial charge in [-0.15, -0.1) is 0 Å². The average molecular weight is 566 g/mol. The van der Waals surface area contributed by atoms with Gasteiger partial charge in [0.1, 0.15) is 16.7 Å². The summed E-state index contributed by atoms with van der Waals surface area (Å²) in [5.74, 6) is 0. The zero-order chi connectivity index (χ0) is 29.0. The monoisotopic (exact) mass is 565 g/mol. The zero-order valence-electron chi connectivity index (χ0n) is 23.4. The molecular weight excluding hydrogens is 542 g/mol. The molecule has 5 heteroatoms. The van der Waals surface area contributed by atoms with Gasteiger partial charge in [-0.25, -0.2) is 4.98 Å². The number of para-hydroxylation sites is 2. The van der Waals surface area contributed by atoms with Crippen molar-refractivity contribution >= 4 is 44.0 Å². The van der Waals surface area contributed by atoms with Crippen LogP contribution in [0.5, 0.6) is 0 Å². The Labute approximate surface area is 252 Å². The predicted octanol–water partition coefficient (Wildman–Crippen LogP) is 10.3. The summed E-state index contributed by atoms with van der Waals surface area (Å²) in [6.07, 6.45) is 9.15. The second-order valence-corrected chi connectivity index (χ2v) is 10.9. The van der Waals surface area contributed by atoms with E-state index in [9.17, 15) is 0 Å². The molecule has 0 atom stereocenters. The van der Waals surface area contributed by atoms with Crippen LogP contribution in [-0.4, -0.2) is 15.0 Å². The fourth-order valence-corrected chi connectivity index (χ4v) is 6.24. The van der Waals surface area contributed by atoms with Crippen LogP contribution in [0.2, 0.25) is 0 Å². The van der Waals surface area contributed by atoms with E-state index >= 15 is 0 Å². The van der Waals surface area contributed by atoms with Gasteiger partial charge in [-0.2, -0.15) is 0 Å². The van der Waals surface area contributed by atoms with Crippen LogP contribution in [0.1, 0.15) is 0 Å². The van der Waals surface area contributed by atoms with E-state index in [1.807, 2.05) is 42.7 Å². The van der Waals surface area contributed by atoms with Crippen molar-refractivity contribution in [1.29, 1.82) is 0 Å². The minimum absolute atomic E-state index is 0.644. The number of hydrogen-bond acceptors (Lipinski definition) is 5. The molecule has 0 aliphatic rings. The number of hydrogen-bond donors (Lipinski definition) is 0. The van der Waals surface area contributed by atoms with Crippen LogP contribution in [0.15, 0.2) is 149 Å². The number of rotatable bonds is 4. The minimum Gasteiger partial charge on any atom is -0.455 e. The SMILES string of the molecule is c1cncc(-c2cc(-c3cccnc3)cc(-c3cccc4c3oc3c(-c5ccc6oc7ncccc7c6c5)cccc34)c2)c1. The van der Waals surface area contributed by atoms with Crippen LogP contribution >= 0.6 is 0 Å². The summed E-state index contributed by atoms with van der Waals surface area (Å²) in [4.78, 5) is 13.1. The molecule has 0 N–H and O–H groups in total. The molecule has 0 aliphatic carbocycles. The smallest absolute Gasteiger partial charge is 0.227 e. The maximum Gasteiger partial charge on any atom is 0.227 e. The van der Waals surface area contributed by atoms with E-state index in [0.717, 1.165) is 82.8 Å². The Balaban J connectivity index is 1.26. The maximum absolute atomic E-state index is 6.84. The molecule has 5 heterocycles. The fourth-order valence-electron chi connectivity index (χ4n) is 6.24. The van der Waals surface area contributed by atoms with Crippen molar-refractivity contribution in [2.45, 2.75) is 0 Å². The first-order valence-electron chi connectivity index (χ1n) is 14.5. The summed E-state index contributed by atoms with van der Waals surface area (Å²) in [5.41, 5.74) is 11.6. The van der Waals surface area contributed by atoms with E-state index in [4.69, 9.17) is 8.83 Å². The number of benzene rings is 4. The summed E-state index contributed by atoms with van der Waals surface area (Å²) in [6, 6.07) is 37.7. The van der Waals surface area contributed by atoms with Crippen molar-refractivity contribution in [2.75, 3.05) is 0 Å². The third-order valence-electron chi connectivity index (χ3n) is 8.32. The van der Waals surface area contributed by atoms with Gasteiger partial charge in [0.2, 0.25) is 5.71 Å². The van der Waals surface area contributed by atoms with Gasteiger partial charge in [-0.3, -0.25) is 9.97 Å². The van der Waals surface area contributed by atoms with Gasteiger partial charge in [0.05, 0.1) is 0 Å². The van der Waals surface area contributed by atoms with Crippen molar-refractivity contribution in [3.8, 4) is 44.5 Å². The molecule has 0 bridgehead atoms. The normalized spacial score (nSPS) is 11.6. The first-order chi connectivity index (χ1) is 21.8. The molecule has 44 heavy (non-hydrogen) atoms. The Hall–Kier alpha value is -6.07. The Bertz CT molecular complexity index is 2440. The molecule has 0 fully saturated rings. The second-order valence-electron chi connectivity index (χ2n) is 10.9. The van der Waals surface area contributed by atoms with Crippen molar-refractivity contribution in [2.24, 2.45) is 0 Å². The van der Waals surface area contributed by atoms with E-state index in [0.29, 0.717) is 5.71 Å². The maximum atomic E-state index is 6.84. The molecule has 4 aromatic carbocycles. The third-order valence-corrected chi connectivity index (χ3v) is 8.32. The Morgan fingerprint density at radius 2 is 1.02 bits per heavy atom. The minimum atomic E-state index is 0.644. The lowest BCUT2D eigenvalue weighted by molar-refractivity contribution is 0.654. The number of fused-ring (bicyclic) bond motifs is 6. The first kappa shape index (κ1) is 24.5. The fraction of sp³-hybridized carbons (Fsp3) is 0. The summed E-state index contributed by atoms with van der Waals surface area (Å²) >= 11 is 0. The van der Waals surface area contributed by atoms with Gasteiger partial charge in [-0.1, -0.05) is 54.6 Å². The average Bonchev–Trinajstić information content (AvgIpc) is 3.67. The molecule has 0 unspecified atom stereocenters. The first-order valence-corrected chi connectivity index (χ1v) is 14.5. The summed E-state index contributed by atoms with van der Waals surface area (Å²) in [5, 5.41) is 4.19. The van der Waals surface area contributed by atoms with E-state index < -0.39 is 0 Å². The Kier molecular flexibility index (Phi) is 5.43. The number of furan rings is 2.